The Hall–Kier alpha value is -2.76. The van der Waals surface area contributed by atoms with Crippen molar-refractivity contribution in [2.45, 2.75) is 57.1 Å². The monoisotopic (exact) mass is 544 g/mol. The summed E-state index contributed by atoms with van der Waals surface area (Å²) in [6, 6.07) is 0. The van der Waals surface area contributed by atoms with Gasteiger partial charge in [0.15, 0.2) is 17.3 Å². The summed E-state index contributed by atoms with van der Waals surface area (Å²) in [5, 5.41) is 7.55. The van der Waals surface area contributed by atoms with Crippen LogP contribution in [0.15, 0.2) is 36.1 Å². The number of rotatable bonds is 10. The molecule has 2 N–H and O–H groups in total. The van der Waals surface area contributed by atoms with E-state index in [0.29, 0.717) is 25.2 Å². The highest BCUT2D eigenvalue weighted by molar-refractivity contribution is 7.99. The second-order valence-electron chi connectivity index (χ2n) is 10.5. The lowest BCUT2D eigenvalue weighted by Crippen LogP contribution is -2.35. The lowest BCUT2D eigenvalue weighted by atomic mass is 9.82. The molecule has 8 nitrogen and oxygen atoms in total. The van der Waals surface area contributed by atoms with Crippen molar-refractivity contribution in [2.24, 2.45) is 18.9 Å². The number of amides is 1. The molecule has 0 radical (unpaired) electrons. The molecule has 0 spiro atoms. The second-order valence-corrected chi connectivity index (χ2v) is 11.9. The normalized spacial score (nSPS) is 23.6. The molecule has 1 saturated carbocycles. The molecule has 3 aliphatic rings. The highest BCUT2D eigenvalue weighted by atomic mass is 32.2. The molecule has 3 heterocycles. The minimum Gasteiger partial charge on any atom is -0.370 e. The van der Waals surface area contributed by atoms with Crippen LogP contribution in [-0.4, -0.2) is 49.7 Å². The zero-order valence-electron chi connectivity index (χ0n) is 22.1. The number of hydrogen-bond acceptors (Lipinski definition) is 6. The number of fused-ring (bicyclic) bond motifs is 1. The smallest absolute Gasteiger partial charge is 0.281 e. The van der Waals surface area contributed by atoms with E-state index in [1.165, 1.54) is 18.0 Å². The lowest BCUT2D eigenvalue weighted by Gasteiger charge is -2.33. The summed E-state index contributed by atoms with van der Waals surface area (Å²) in [6.07, 6.45) is 10.1. The summed E-state index contributed by atoms with van der Waals surface area (Å²) in [5.74, 6) is -1.70. The molecule has 1 fully saturated rings. The van der Waals surface area contributed by atoms with Crippen molar-refractivity contribution < 1.29 is 18.3 Å². The summed E-state index contributed by atoms with van der Waals surface area (Å²) in [7, 11) is 3.66. The van der Waals surface area contributed by atoms with Gasteiger partial charge in [0, 0.05) is 48.0 Å². The Labute approximate surface area is 225 Å². The molecular formula is C27H34F2N6O2S. The number of hydrogen-bond donors (Lipinski definition) is 2. The van der Waals surface area contributed by atoms with Crippen LogP contribution in [-0.2, 0) is 31.3 Å². The van der Waals surface area contributed by atoms with Gasteiger partial charge in [-0.25, -0.2) is 13.8 Å². The van der Waals surface area contributed by atoms with Gasteiger partial charge in [-0.2, -0.15) is 5.10 Å². The molecule has 0 bridgehead atoms. The van der Waals surface area contributed by atoms with Crippen molar-refractivity contribution in [1.29, 1.82) is 0 Å². The molecule has 0 saturated heterocycles. The van der Waals surface area contributed by atoms with E-state index in [4.69, 9.17) is 4.74 Å². The molecule has 5 rings (SSSR count). The fourth-order valence-corrected chi connectivity index (χ4v) is 5.72. The van der Waals surface area contributed by atoms with Crippen molar-refractivity contribution in [1.82, 2.24) is 29.4 Å². The maximum Gasteiger partial charge on any atom is 0.281 e. The van der Waals surface area contributed by atoms with E-state index in [0.717, 1.165) is 35.6 Å². The van der Waals surface area contributed by atoms with Gasteiger partial charge in [0.1, 0.15) is 11.9 Å². The Morgan fingerprint density at radius 3 is 2.82 bits per heavy atom. The largest absolute Gasteiger partial charge is 0.370 e. The molecule has 38 heavy (non-hydrogen) atoms. The van der Waals surface area contributed by atoms with E-state index in [9.17, 15) is 9.18 Å². The first kappa shape index (κ1) is 26.8. The van der Waals surface area contributed by atoms with E-state index in [1.807, 2.05) is 32.3 Å². The highest BCUT2D eigenvalue weighted by Gasteiger charge is 2.39. The molecule has 0 aromatic carbocycles. The van der Waals surface area contributed by atoms with Crippen LogP contribution in [0.2, 0.25) is 0 Å². The van der Waals surface area contributed by atoms with Gasteiger partial charge in [0.05, 0.1) is 18.5 Å². The van der Waals surface area contributed by atoms with Gasteiger partial charge in [-0.3, -0.25) is 14.2 Å². The summed E-state index contributed by atoms with van der Waals surface area (Å²) in [5.41, 5.74) is 2.95. The van der Waals surface area contributed by atoms with E-state index >= 15 is 4.39 Å². The van der Waals surface area contributed by atoms with E-state index in [-0.39, 0.29) is 23.2 Å². The predicted octanol–water partition coefficient (Wildman–Crippen LogP) is 4.18. The number of aryl methyl sites for hydroxylation is 1. The summed E-state index contributed by atoms with van der Waals surface area (Å²) < 4.78 is 42.2. The van der Waals surface area contributed by atoms with Crippen LogP contribution in [0.3, 0.4) is 0 Å². The van der Waals surface area contributed by atoms with Gasteiger partial charge in [-0.05, 0) is 64.3 Å². The molecule has 2 aromatic heterocycles. The van der Waals surface area contributed by atoms with Crippen molar-refractivity contribution in [2.75, 3.05) is 13.7 Å². The van der Waals surface area contributed by atoms with Gasteiger partial charge in [-0.1, -0.05) is 12.2 Å². The molecule has 2 aliphatic carbocycles. The van der Waals surface area contributed by atoms with E-state index in [1.54, 1.807) is 17.8 Å². The van der Waals surface area contributed by atoms with Gasteiger partial charge in [0.2, 0.25) is 0 Å². The SMILES string of the molecule is CNCc1cnc2n1CC(C1C=CC(F)=C(F)C1OCCc1c(C(=O)NSC3(C)CC3)nn(C)c1C)C=C2. The fourth-order valence-electron chi connectivity index (χ4n) is 4.97. The van der Waals surface area contributed by atoms with Crippen LogP contribution in [0.1, 0.15) is 53.0 Å². The van der Waals surface area contributed by atoms with Crippen molar-refractivity contribution in [3.63, 3.8) is 0 Å². The van der Waals surface area contributed by atoms with Crippen LogP contribution in [0, 0.1) is 18.8 Å². The number of aromatic nitrogens is 4. The van der Waals surface area contributed by atoms with Gasteiger partial charge >= 0.3 is 0 Å². The van der Waals surface area contributed by atoms with Crippen LogP contribution >= 0.6 is 11.9 Å². The third-order valence-corrected chi connectivity index (χ3v) is 8.85. The summed E-state index contributed by atoms with van der Waals surface area (Å²) in [4.78, 5) is 17.3. The van der Waals surface area contributed by atoms with Crippen LogP contribution in [0.25, 0.3) is 6.08 Å². The highest BCUT2D eigenvalue weighted by Crippen LogP contribution is 2.46. The van der Waals surface area contributed by atoms with Crippen LogP contribution in [0.5, 0.6) is 0 Å². The number of carbonyl (C=O) groups is 1. The second kappa shape index (κ2) is 10.8. The number of carbonyl (C=O) groups excluding carboxylic acids is 1. The molecule has 1 aliphatic heterocycles. The Morgan fingerprint density at radius 1 is 1.29 bits per heavy atom. The molecule has 3 atom stereocenters. The first-order valence-electron chi connectivity index (χ1n) is 12.9. The fraction of sp³-hybridized carbons (Fsp3) is 0.519. The summed E-state index contributed by atoms with van der Waals surface area (Å²) in [6.45, 7) is 5.37. The zero-order valence-corrected chi connectivity index (χ0v) is 22.9. The van der Waals surface area contributed by atoms with Crippen molar-refractivity contribution in [3.8, 4) is 0 Å². The first-order valence-corrected chi connectivity index (χ1v) is 13.8. The number of nitrogens with one attached hydrogen (secondary N) is 2. The minimum atomic E-state index is -1.06. The van der Waals surface area contributed by atoms with Crippen LogP contribution < -0.4 is 10.0 Å². The molecule has 2 aromatic rings. The number of allylic oxidation sites excluding steroid dienone is 3. The molecule has 3 unspecified atom stereocenters. The van der Waals surface area contributed by atoms with Crippen molar-refractivity contribution in [3.05, 3.63) is 64.5 Å². The zero-order chi connectivity index (χ0) is 27.0. The Kier molecular flexibility index (Phi) is 7.61. The Morgan fingerprint density at radius 2 is 2.08 bits per heavy atom. The average molecular weight is 545 g/mol. The van der Waals surface area contributed by atoms with Gasteiger partial charge in [-0.15, -0.1) is 0 Å². The quantitative estimate of drug-likeness (QED) is 0.437. The van der Waals surface area contributed by atoms with E-state index < -0.39 is 23.7 Å². The number of imidazole rings is 1. The maximum absolute atomic E-state index is 15.1. The predicted molar refractivity (Wildman–Crippen MR) is 143 cm³/mol. The van der Waals surface area contributed by atoms with E-state index in [2.05, 4.69) is 31.6 Å². The van der Waals surface area contributed by atoms with Gasteiger partial charge < -0.3 is 14.6 Å². The lowest BCUT2D eigenvalue weighted by molar-refractivity contribution is 0.0201. The first-order chi connectivity index (χ1) is 18.2. The standard InChI is InChI=1S/C27H34F2N6O2S/c1-16-19(24(32-34(16)4)26(36)33-38-27(2)10-11-27)9-12-37-25-20(6-7-21(28)23(25)29)17-5-8-22-31-14-18(13-30-3)35(22)15-17/h5-8,14,17,20,25,30H,9-13,15H2,1-4H3,(H,33,36). The third kappa shape index (κ3) is 5.37. The Balaban J connectivity index is 1.28. The molecule has 11 heteroatoms. The molecule has 204 valence electrons. The minimum absolute atomic E-state index is 0.0963. The summed E-state index contributed by atoms with van der Waals surface area (Å²) >= 11 is 1.43. The molecular weight excluding hydrogens is 510 g/mol. The Bertz CT molecular complexity index is 1310. The number of nitrogens with zero attached hydrogens (tertiary/aromatic N) is 4. The topological polar surface area (TPSA) is 86.0 Å². The van der Waals surface area contributed by atoms with Crippen LogP contribution in [0.4, 0.5) is 8.78 Å². The van der Waals surface area contributed by atoms with Gasteiger partial charge in [0.25, 0.3) is 5.91 Å². The average Bonchev–Trinajstić information content (AvgIpc) is 3.41. The molecule has 1 amide bonds. The maximum atomic E-state index is 15.1. The number of halogens is 2. The number of ether oxygens (including phenoxy) is 1. The third-order valence-electron chi connectivity index (χ3n) is 7.67. The van der Waals surface area contributed by atoms with Crippen molar-refractivity contribution >= 4 is 23.9 Å².